The molecule has 3 nitrogen and oxygen atoms in total. The van der Waals surface area contributed by atoms with Crippen molar-refractivity contribution in [3.63, 3.8) is 0 Å². The molecule has 1 N–H and O–H groups in total. The van der Waals surface area contributed by atoms with Gasteiger partial charge in [-0.1, -0.05) is 0 Å². The molecule has 3 heteroatoms. The van der Waals surface area contributed by atoms with Crippen LogP contribution in [0.3, 0.4) is 0 Å². The molecule has 0 bridgehead atoms. The quantitative estimate of drug-likeness (QED) is 0.501. The number of nitrogens with zero attached hydrogens (tertiary/aromatic N) is 1. The lowest BCUT2D eigenvalue weighted by Gasteiger charge is -1.90. The topological polar surface area (TPSA) is 45.2 Å². The van der Waals surface area contributed by atoms with Gasteiger partial charge in [-0.3, -0.25) is 0 Å². The van der Waals surface area contributed by atoms with E-state index in [1.807, 2.05) is 24.4 Å². The van der Waals surface area contributed by atoms with E-state index in [1.165, 1.54) is 6.08 Å². The van der Waals surface area contributed by atoms with Crippen LogP contribution in [0.4, 0.5) is 5.69 Å². The highest BCUT2D eigenvalue weighted by molar-refractivity contribution is 5.82. The van der Waals surface area contributed by atoms with Gasteiger partial charge in [0.2, 0.25) is 6.08 Å². The van der Waals surface area contributed by atoms with Crippen LogP contribution in [-0.4, -0.2) is 11.1 Å². The minimum atomic E-state index is 0.636. The van der Waals surface area contributed by atoms with Crippen molar-refractivity contribution < 1.29 is 4.79 Å². The van der Waals surface area contributed by atoms with E-state index in [0.717, 1.165) is 10.9 Å². The number of aromatic amines is 1. The second-order valence-electron chi connectivity index (χ2n) is 2.45. The third kappa shape index (κ3) is 1.02. The SMILES string of the molecule is O=C=Nc1ccc2[nH]ccc2c1. The first-order valence-electron chi connectivity index (χ1n) is 3.55. The summed E-state index contributed by atoms with van der Waals surface area (Å²) in [6, 6.07) is 7.41. The van der Waals surface area contributed by atoms with Gasteiger partial charge in [-0.2, -0.15) is 4.99 Å². The zero-order valence-corrected chi connectivity index (χ0v) is 6.24. The van der Waals surface area contributed by atoms with Crippen molar-refractivity contribution in [2.45, 2.75) is 0 Å². The van der Waals surface area contributed by atoms with Crippen molar-refractivity contribution in [2.75, 3.05) is 0 Å². The molecule has 0 saturated carbocycles. The summed E-state index contributed by atoms with van der Waals surface area (Å²) in [5.41, 5.74) is 1.68. The smallest absolute Gasteiger partial charge is 0.240 e. The van der Waals surface area contributed by atoms with Crippen molar-refractivity contribution in [3.8, 4) is 0 Å². The summed E-state index contributed by atoms with van der Waals surface area (Å²) < 4.78 is 0. The third-order valence-electron chi connectivity index (χ3n) is 1.71. The van der Waals surface area contributed by atoms with Crippen LogP contribution in [0.2, 0.25) is 0 Å². The molecule has 0 radical (unpaired) electrons. The molecular formula is C9H6N2O. The summed E-state index contributed by atoms with van der Waals surface area (Å²) in [4.78, 5) is 16.5. The number of fused-ring (bicyclic) bond motifs is 1. The summed E-state index contributed by atoms with van der Waals surface area (Å²) in [6.07, 6.45) is 3.35. The van der Waals surface area contributed by atoms with Crippen LogP contribution >= 0.6 is 0 Å². The van der Waals surface area contributed by atoms with Gasteiger partial charge in [0, 0.05) is 17.1 Å². The highest BCUT2D eigenvalue weighted by Crippen LogP contribution is 2.19. The minimum absolute atomic E-state index is 0.636. The summed E-state index contributed by atoms with van der Waals surface area (Å²) in [5.74, 6) is 0. The molecule has 0 saturated heterocycles. The van der Waals surface area contributed by atoms with E-state index < -0.39 is 0 Å². The number of carbonyl (C=O) groups excluding carboxylic acids is 1. The number of benzene rings is 1. The van der Waals surface area contributed by atoms with Crippen molar-refractivity contribution in [3.05, 3.63) is 30.5 Å². The Morgan fingerprint density at radius 3 is 3.08 bits per heavy atom. The van der Waals surface area contributed by atoms with Crippen LogP contribution in [0.1, 0.15) is 0 Å². The summed E-state index contributed by atoms with van der Waals surface area (Å²) in [5, 5.41) is 1.05. The van der Waals surface area contributed by atoms with Crippen LogP contribution in [0, 0.1) is 0 Å². The van der Waals surface area contributed by atoms with E-state index in [2.05, 4.69) is 9.98 Å². The molecule has 1 aromatic carbocycles. The molecule has 0 aliphatic rings. The maximum Gasteiger partial charge on any atom is 0.240 e. The van der Waals surface area contributed by atoms with Gasteiger partial charge in [0.05, 0.1) is 5.69 Å². The van der Waals surface area contributed by atoms with Crippen LogP contribution in [0.25, 0.3) is 10.9 Å². The number of hydrogen-bond donors (Lipinski definition) is 1. The molecule has 58 valence electrons. The van der Waals surface area contributed by atoms with Gasteiger partial charge in [-0.05, 0) is 24.3 Å². The van der Waals surface area contributed by atoms with Crippen LogP contribution in [-0.2, 0) is 4.79 Å². The Hall–Kier alpha value is -1.86. The molecule has 2 rings (SSSR count). The number of rotatable bonds is 1. The predicted octanol–water partition coefficient (Wildman–Crippen LogP) is 2.14. The van der Waals surface area contributed by atoms with E-state index in [0.29, 0.717) is 5.69 Å². The van der Waals surface area contributed by atoms with E-state index in [1.54, 1.807) is 6.07 Å². The molecule has 1 aromatic heterocycles. The van der Waals surface area contributed by atoms with Crippen molar-refractivity contribution in [1.29, 1.82) is 0 Å². The molecular weight excluding hydrogens is 152 g/mol. The van der Waals surface area contributed by atoms with E-state index >= 15 is 0 Å². The van der Waals surface area contributed by atoms with Crippen LogP contribution < -0.4 is 0 Å². The monoisotopic (exact) mass is 158 g/mol. The van der Waals surface area contributed by atoms with Crippen molar-refractivity contribution in [2.24, 2.45) is 4.99 Å². The Kier molecular flexibility index (Phi) is 1.50. The van der Waals surface area contributed by atoms with Gasteiger partial charge in [0.15, 0.2) is 0 Å². The molecule has 0 spiro atoms. The Morgan fingerprint density at radius 2 is 2.25 bits per heavy atom. The van der Waals surface area contributed by atoms with Crippen LogP contribution in [0.5, 0.6) is 0 Å². The summed E-state index contributed by atoms with van der Waals surface area (Å²) in [6.45, 7) is 0. The number of aromatic nitrogens is 1. The van der Waals surface area contributed by atoms with Crippen molar-refractivity contribution >= 4 is 22.7 Å². The highest BCUT2D eigenvalue weighted by atomic mass is 16.1. The van der Waals surface area contributed by atoms with Gasteiger partial charge in [-0.25, -0.2) is 4.79 Å². The number of H-pyrrole nitrogens is 1. The molecule has 12 heavy (non-hydrogen) atoms. The predicted molar refractivity (Wildman–Crippen MR) is 46.1 cm³/mol. The molecule has 1 heterocycles. The van der Waals surface area contributed by atoms with E-state index in [9.17, 15) is 4.79 Å². The first kappa shape index (κ1) is 6.83. The molecule has 0 amide bonds. The molecule has 0 unspecified atom stereocenters. The number of isocyanates is 1. The first-order chi connectivity index (χ1) is 5.90. The molecule has 0 aliphatic heterocycles. The van der Waals surface area contributed by atoms with Gasteiger partial charge in [0.1, 0.15) is 0 Å². The highest BCUT2D eigenvalue weighted by Gasteiger charge is 1.94. The third-order valence-corrected chi connectivity index (χ3v) is 1.71. The molecule has 0 atom stereocenters. The second kappa shape index (κ2) is 2.64. The summed E-state index contributed by atoms with van der Waals surface area (Å²) >= 11 is 0. The minimum Gasteiger partial charge on any atom is -0.361 e. The molecule has 2 aromatic rings. The average Bonchev–Trinajstić information content (AvgIpc) is 2.51. The Labute approximate surface area is 68.7 Å². The maximum absolute atomic E-state index is 9.95. The fourth-order valence-corrected chi connectivity index (χ4v) is 1.16. The Balaban J connectivity index is 2.67. The molecule has 0 aliphatic carbocycles. The maximum atomic E-state index is 9.95. The summed E-state index contributed by atoms with van der Waals surface area (Å²) in [7, 11) is 0. The Bertz CT molecular complexity index is 452. The number of hydrogen-bond acceptors (Lipinski definition) is 2. The first-order valence-corrected chi connectivity index (χ1v) is 3.55. The van der Waals surface area contributed by atoms with Crippen LogP contribution in [0.15, 0.2) is 35.5 Å². The largest absolute Gasteiger partial charge is 0.361 e. The molecule has 0 fully saturated rings. The Morgan fingerprint density at radius 1 is 1.33 bits per heavy atom. The normalized spacial score (nSPS) is 9.67. The van der Waals surface area contributed by atoms with Gasteiger partial charge < -0.3 is 4.98 Å². The van der Waals surface area contributed by atoms with Gasteiger partial charge in [-0.15, -0.1) is 0 Å². The zero-order valence-electron chi connectivity index (χ0n) is 6.24. The van der Waals surface area contributed by atoms with E-state index in [-0.39, 0.29) is 0 Å². The zero-order chi connectivity index (χ0) is 8.39. The fourth-order valence-electron chi connectivity index (χ4n) is 1.16. The average molecular weight is 158 g/mol. The van der Waals surface area contributed by atoms with Gasteiger partial charge >= 0.3 is 0 Å². The van der Waals surface area contributed by atoms with Crippen molar-refractivity contribution in [1.82, 2.24) is 4.98 Å². The standard InChI is InChI=1S/C9H6N2O/c12-6-11-8-1-2-9-7(5-8)3-4-10-9/h1-5,10H. The fraction of sp³-hybridized carbons (Fsp3) is 0. The number of nitrogens with one attached hydrogen (secondary N) is 1. The second-order valence-corrected chi connectivity index (χ2v) is 2.45. The lowest BCUT2D eigenvalue weighted by Crippen LogP contribution is -1.66. The lowest BCUT2D eigenvalue weighted by atomic mass is 10.2. The number of aliphatic imine (C=N–C) groups is 1. The van der Waals surface area contributed by atoms with E-state index in [4.69, 9.17) is 0 Å². The van der Waals surface area contributed by atoms with Gasteiger partial charge in [0.25, 0.3) is 0 Å². The lowest BCUT2D eigenvalue weighted by molar-refractivity contribution is 0.565.